The van der Waals surface area contributed by atoms with Crippen LogP contribution in [0.15, 0.2) is 64.0 Å². The zero-order valence-corrected chi connectivity index (χ0v) is 20.6. The van der Waals surface area contributed by atoms with E-state index in [4.69, 9.17) is 14.9 Å². The Morgan fingerprint density at radius 2 is 1.76 bits per heavy atom. The zero-order valence-electron chi connectivity index (χ0n) is 19.8. The predicted molar refractivity (Wildman–Crippen MR) is 135 cm³/mol. The fourth-order valence-corrected chi connectivity index (χ4v) is 5.54. The summed E-state index contributed by atoms with van der Waals surface area (Å²) in [6.45, 7) is 1.10. The summed E-state index contributed by atoms with van der Waals surface area (Å²) in [6, 6.07) is 13.9. The van der Waals surface area contributed by atoms with Crippen molar-refractivity contribution >= 4 is 15.7 Å². The maximum atomic E-state index is 12.8. The van der Waals surface area contributed by atoms with Gasteiger partial charge in [-0.3, -0.25) is 0 Å². The first-order valence-electron chi connectivity index (χ1n) is 11.7. The van der Waals surface area contributed by atoms with Gasteiger partial charge in [0.15, 0.2) is 21.3 Å². The number of sulfone groups is 1. The SMILES string of the molecule is Nc1ncc(-c2ccc(S(=O)(=O)C3CCOC3)cc2)nc1-c1nnc(-c2ccc(CNCCF)cc2)o1. The standard InChI is InChI=1S/C25H25FN6O4S/c26-10-11-28-13-16-1-3-18(4-2-16)24-31-32-25(36-24)22-23(27)29-14-21(30-22)17-5-7-19(8-6-17)37(33,34)20-9-12-35-15-20/h1-8,14,20,28H,9-13,15H2,(H2,27,29). The molecule has 4 aromatic rings. The molecule has 2 aromatic heterocycles. The number of benzene rings is 2. The van der Waals surface area contributed by atoms with Crippen LogP contribution < -0.4 is 11.1 Å². The van der Waals surface area contributed by atoms with Gasteiger partial charge in [0.25, 0.3) is 5.89 Å². The normalized spacial score (nSPS) is 15.8. The lowest BCUT2D eigenvalue weighted by atomic mass is 10.1. The van der Waals surface area contributed by atoms with E-state index in [0.29, 0.717) is 42.9 Å². The fraction of sp³-hybridized carbons (Fsp3) is 0.280. The van der Waals surface area contributed by atoms with Crippen molar-refractivity contribution in [3.8, 4) is 34.3 Å². The van der Waals surface area contributed by atoms with E-state index in [0.717, 1.165) is 5.56 Å². The van der Waals surface area contributed by atoms with Crippen molar-refractivity contribution in [2.75, 3.05) is 32.2 Å². The molecule has 5 rings (SSSR count). The number of nitrogen functional groups attached to an aromatic ring is 1. The van der Waals surface area contributed by atoms with Gasteiger partial charge < -0.3 is 20.2 Å². The van der Waals surface area contributed by atoms with Gasteiger partial charge in [-0.1, -0.05) is 24.3 Å². The van der Waals surface area contributed by atoms with E-state index in [-0.39, 0.29) is 34.8 Å². The maximum Gasteiger partial charge on any atom is 0.270 e. The third-order valence-corrected chi connectivity index (χ3v) is 8.21. The van der Waals surface area contributed by atoms with Crippen LogP contribution in [-0.2, 0) is 21.1 Å². The summed E-state index contributed by atoms with van der Waals surface area (Å²) >= 11 is 0. The highest BCUT2D eigenvalue weighted by Crippen LogP contribution is 2.29. The summed E-state index contributed by atoms with van der Waals surface area (Å²) < 4.78 is 48.9. The van der Waals surface area contributed by atoms with Gasteiger partial charge in [0.2, 0.25) is 5.89 Å². The summed E-state index contributed by atoms with van der Waals surface area (Å²) in [5.41, 5.74) is 9.11. The van der Waals surface area contributed by atoms with E-state index in [9.17, 15) is 12.8 Å². The summed E-state index contributed by atoms with van der Waals surface area (Å²) in [7, 11) is -3.46. The minimum Gasteiger partial charge on any atom is -0.414 e. The molecule has 0 saturated carbocycles. The molecule has 2 aromatic carbocycles. The molecule has 0 aliphatic carbocycles. The Morgan fingerprint density at radius 3 is 2.46 bits per heavy atom. The van der Waals surface area contributed by atoms with Crippen molar-refractivity contribution in [3.05, 3.63) is 60.3 Å². The lowest BCUT2D eigenvalue weighted by Gasteiger charge is -2.10. The van der Waals surface area contributed by atoms with Gasteiger partial charge in [-0.05, 0) is 36.2 Å². The number of alkyl halides is 1. The molecule has 0 amide bonds. The second-order valence-corrected chi connectivity index (χ2v) is 10.7. The van der Waals surface area contributed by atoms with Crippen molar-refractivity contribution < 1.29 is 22.0 Å². The molecule has 0 bridgehead atoms. The van der Waals surface area contributed by atoms with Crippen LogP contribution in [-0.4, -0.2) is 60.3 Å². The molecule has 3 heterocycles. The van der Waals surface area contributed by atoms with E-state index in [1.54, 1.807) is 24.3 Å². The number of aromatic nitrogens is 4. The molecule has 37 heavy (non-hydrogen) atoms. The molecule has 3 N–H and O–H groups in total. The van der Waals surface area contributed by atoms with Crippen LogP contribution in [0.2, 0.25) is 0 Å². The minimum atomic E-state index is -3.46. The van der Waals surface area contributed by atoms with Gasteiger partial charge in [0, 0.05) is 30.8 Å². The largest absolute Gasteiger partial charge is 0.414 e. The number of anilines is 1. The molecular weight excluding hydrogens is 499 g/mol. The Kier molecular flexibility index (Phi) is 7.22. The van der Waals surface area contributed by atoms with Crippen LogP contribution in [0.25, 0.3) is 34.3 Å². The van der Waals surface area contributed by atoms with Gasteiger partial charge in [-0.25, -0.2) is 22.8 Å². The minimum absolute atomic E-state index is 0.107. The molecule has 0 spiro atoms. The molecule has 1 unspecified atom stereocenters. The smallest absolute Gasteiger partial charge is 0.270 e. The van der Waals surface area contributed by atoms with E-state index in [2.05, 4.69) is 25.5 Å². The highest BCUT2D eigenvalue weighted by Gasteiger charge is 2.31. The summed E-state index contributed by atoms with van der Waals surface area (Å²) in [4.78, 5) is 9.00. The predicted octanol–water partition coefficient (Wildman–Crippen LogP) is 3.06. The first-order valence-corrected chi connectivity index (χ1v) is 13.2. The second kappa shape index (κ2) is 10.7. The van der Waals surface area contributed by atoms with Gasteiger partial charge in [0.1, 0.15) is 6.67 Å². The number of hydrogen-bond donors (Lipinski definition) is 2. The molecule has 1 fully saturated rings. The number of rotatable bonds is 9. The topological polar surface area (TPSA) is 146 Å². The van der Waals surface area contributed by atoms with Crippen molar-refractivity contribution in [2.24, 2.45) is 0 Å². The molecule has 12 heteroatoms. The monoisotopic (exact) mass is 524 g/mol. The fourth-order valence-electron chi connectivity index (χ4n) is 3.96. The Balaban J connectivity index is 1.36. The summed E-state index contributed by atoms with van der Waals surface area (Å²) in [5, 5.41) is 10.7. The lowest BCUT2D eigenvalue weighted by molar-refractivity contribution is 0.198. The molecule has 1 saturated heterocycles. The first-order chi connectivity index (χ1) is 18.0. The summed E-state index contributed by atoms with van der Waals surface area (Å²) in [5.74, 6) is 0.514. The summed E-state index contributed by atoms with van der Waals surface area (Å²) in [6.07, 6.45) is 1.99. The van der Waals surface area contributed by atoms with Crippen molar-refractivity contribution in [1.29, 1.82) is 0 Å². The van der Waals surface area contributed by atoms with Crippen molar-refractivity contribution in [2.45, 2.75) is 23.1 Å². The number of nitrogens with one attached hydrogen (secondary N) is 1. The van der Waals surface area contributed by atoms with E-state index >= 15 is 0 Å². The number of nitrogens with two attached hydrogens (primary N) is 1. The van der Waals surface area contributed by atoms with Crippen LogP contribution >= 0.6 is 0 Å². The Hall–Kier alpha value is -3.74. The average molecular weight is 525 g/mol. The van der Waals surface area contributed by atoms with Crippen molar-refractivity contribution in [1.82, 2.24) is 25.5 Å². The van der Waals surface area contributed by atoms with E-state index < -0.39 is 21.8 Å². The molecule has 1 atom stereocenters. The third-order valence-electron chi connectivity index (χ3n) is 6.04. The molecule has 1 aliphatic rings. The van der Waals surface area contributed by atoms with Crippen molar-refractivity contribution in [3.63, 3.8) is 0 Å². The van der Waals surface area contributed by atoms with Crippen LogP contribution in [0.3, 0.4) is 0 Å². The molecule has 0 radical (unpaired) electrons. The number of halogens is 1. The third kappa shape index (κ3) is 5.36. The van der Waals surface area contributed by atoms with Gasteiger partial charge >= 0.3 is 0 Å². The quantitative estimate of drug-likeness (QED) is 0.313. The Bertz CT molecular complexity index is 1470. The molecule has 192 valence electrons. The number of hydrogen-bond acceptors (Lipinski definition) is 10. The van der Waals surface area contributed by atoms with E-state index in [1.807, 2.05) is 24.3 Å². The number of ether oxygens (including phenoxy) is 1. The van der Waals surface area contributed by atoms with Gasteiger partial charge in [-0.15, -0.1) is 10.2 Å². The molecular formula is C25H25FN6O4S. The highest BCUT2D eigenvalue weighted by molar-refractivity contribution is 7.92. The molecule has 10 nitrogen and oxygen atoms in total. The molecule has 1 aliphatic heterocycles. The van der Waals surface area contributed by atoms with Gasteiger partial charge in [0.05, 0.1) is 28.6 Å². The van der Waals surface area contributed by atoms with E-state index in [1.165, 1.54) is 6.20 Å². The number of nitrogens with zero attached hydrogens (tertiary/aromatic N) is 4. The van der Waals surface area contributed by atoms with Crippen LogP contribution in [0, 0.1) is 0 Å². The van der Waals surface area contributed by atoms with Gasteiger partial charge in [-0.2, -0.15) is 0 Å². The Morgan fingerprint density at radius 1 is 1.03 bits per heavy atom. The Labute approximate surface area is 213 Å². The zero-order chi connectivity index (χ0) is 25.8. The second-order valence-electron chi connectivity index (χ2n) is 8.52. The maximum absolute atomic E-state index is 12.8. The first kappa shape index (κ1) is 24.9. The lowest BCUT2D eigenvalue weighted by Crippen LogP contribution is -2.21. The van der Waals surface area contributed by atoms with Crippen LogP contribution in [0.1, 0.15) is 12.0 Å². The highest BCUT2D eigenvalue weighted by atomic mass is 32.2. The van der Waals surface area contributed by atoms with Crippen LogP contribution in [0.5, 0.6) is 0 Å². The average Bonchev–Trinajstić information content (AvgIpc) is 3.63. The van der Waals surface area contributed by atoms with Crippen LogP contribution in [0.4, 0.5) is 10.2 Å².